The third-order valence-electron chi connectivity index (χ3n) is 6.23. The second kappa shape index (κ2) is 8.28. The van der Waals surface area contributed by atoms with Crippen molar-refractivity contribution in [1.29, 1.82) is 0 Å². The molecule has 1 atom stereocenters. The van der Waals surface area contributed by atoms with Crippen molar-refractivity contribution in [1.82, 2.24) is 23.1 Å². The minimum atomic E-state index is -0.917. The van der Waals surface area contributed by atoms with E-state index >= 15 is 0 Å². The molecule has 0 radical (unpaired) electrons. The Morgan fingerprint density at radius 3 is 2.49 bits per heavy atom. The number of nitrogens with zero attached hydrogens (tertiary/aromatic N) is 5. The highest BCUT2D eigenvalue weighted by molar-refractivity contribution is 6.30. The van der Waals surface area contributed by atoms with Crippen molar-refractivity contribution < 1.29 is 9.53 Å². The lowest BCUT2D eigenvalue weighted by Crippen LogP contribution is -2.42. The summed E-state index contributed by atoms with van der Waals surface area (Å²) in [6.07, 6.45) is 1.79. The summed E-state index contributed by atoms with van der Waals surface area (Å²) < 4.78 is 11.3. The van der Waals surface area contributed by atoms with E-state index < -0.39 is 17.3 Å². The van der Waals surface area contributed by atoms with E-state index in [4.69, 9.17) is 21.3 Å². The minimum absolute atomic E-state index is 0.187. The van der Waals surface area contributed by atoms with Crippen molar-refractivity contribution in [3.8, 4) is 22.7 Å². The number of aromatic nitrogens is 5. The molecule has 0 spiro atoms. The van der Waals surface area contributed by atoms with Crippen molar-refractivity contribution in [3.63, 3.8) is 0 Å². The number of fused-ring (bicyclic) bond motifs is 3. The van der Waals surface area contributed by atoms with E-state index in [0.29, 0.717) is 22.2 Å². The molecule has 0 aliphatic rings. The Morgan fingerprint density at radius 2 is 1.83 bits per heavy atom. The minimum Gasteiger partial charge on any atom is -0.495 e. The van der Waals surface area contributed by atoms with E-state index in [9.17, 15) is 14.4 Å². The highest BCUT2D eigenvalue weighted by Gasteiger charge is 2.26. The molecule has 0 saturated carbocycles. The van der Waals surface area contributed by atoms with Crippen LogP contribution in [0.1, 0.15) is 19.9 Å². The molecular weight excluding hydrogens is 470 g/mol. The van der Waals surface area contributed by atoms with Gasteiger partial charge in [-0.05, 0) is 32.0 Å². The van der Waals surface area contributed by atoms with Gasteiger partial charge in [-0.25, -0.2) is 9.36 Å². The highest BCUT2D eigenvalue weighted by atomic mass is 35.5. The Morgan fingerprint density at radius 1 is 1.11 bits per heavy atom. The molecule has 0 N–H and O–H groups in total. The van der Waals surface area contributed by atoms with E-state index in [1.165, 1.54) is 25.5 Å². The van der Waals surface area contributed by atoms with Crippen LogP contribution in [0.3, 0.4) is 0 Å². The molecule has 10 heteroatoms. The maximum atomic E-state index is 13.6. The molecule has 5 aromatic rings. The maximum Gasteiger partial charge on any atom is 0.333 e. The molecule has 0 unspecified atom stereocenters. The molecule has 0 saturated heterocycles. The third kappa shape index (κ3) is 3.38. The molecule has 3 heterocycles. The van der Waals surface area contributed by atoms with Crippen molar-refractivity contribution >= 4 is 34.3 Å². The fourth-order valence-electron chi connectivity index (χ4n) is 4.27. The van der Waals surface area contributed by atoms with E-state index in [0.717, 1.165) is 15.8 Å². The van der Waals surface area contributed by atoms with Crippen LogP contribution in [0.2, 0.25) is 5.02 Å². The van der Waals surface area contributed by atoms with Crippen LogP contribution >= 0.6 is 11.6 Å². The second-order valence-electron chi connectivity index (χ2n) is 8.29. The van der Waals surface area contributed by atoms with Crippen LogP contribution in [0.4, 0.5) is 0 Å². The Bertz CT molecular complexity index is 1740. The van der Waals surface area contributed by atoms with Crippen molar-refractivity contribution in [2.24, 2.45) is 7.05 Å². The van der Waals surface area contributed by atoms with Crippen LogP contribution in [0, 0.1) is 0 Å². The quantitative estimate of drug-likeness (QED) is 0.374. The lowest BCUT2D eigenvalue weighted by atomic mass is 10.1. The van der Waals surface area contributed by atoms with Crippen molar-refractivity contribution in [2.45, 2.75) is 19.9 Å². The molecule has 0 fully saturated rings. The number of methoxy groups -OCH3 is 1. The number of benzene rings is 2. The summed E-state index contributed by atoms with van der Waals surface area (Å²) in [4.78, 5) is 43.4. The van der Waals surface area contributed by atoms with Gasteiger partial charge < -0.3 is 4.74 Å². The molecular formula is C25H22ClN5O4. The topological polar surface area (TPSA) is 92.5 Å². The van der Waals surface area contributed by atoms with Gasteiger partial charge in [0.05, 0.1) is 24.5 Å². The van der Waals surface area contributed by atoms with Gasteiger partial charge >= 0.3 is 5.69 Å². The smallest absolute Gasteiger partial charge is 0.333 e. The lowest BCUT2D eigenvalue weighted by molar-refractivity contribution is -0.119. The van der Waals surface area contributed by atoms with Gasteiger partial charge in [0.2, 0.25) is 5.78 Å². The van der Waals surface area contributed by atoms with Gasteiger partial charge in [-0.15, -0.1) is 0 Å². The van der Waals surface area contributed by atoms with E-state index in [2.05, 4.69) is 0 Å². The molecule has 0 amide bonds. The zero-order valence-corrected chi connectivity index (χ0v) is 20.3. The summed E-state index contributed by atoms with van der Waals surface area (Å²) in [5.74, 6) is 0.642. The largest absolute Gasteiger partial charge is 0.495 e. The molecule has 9 nitrogen and oxygen atoms in total. The SMILES string of the molecule is COc1ccc(Cl)cc1-n1c(-c2ccccc2)cn2c3c(=O)n([C@H](C)C(C)=O)c(=O)n(C)c3nc12. The number of ether oxygens (including phenoxy) is 1. The average Bonchev–Trinajstić information content (AvgIpc) is 3.39. The van der Waals surface area contributed by atoms with Crippen LogP contribution in [0.15, 0.2) is 64.3 Å². The molecule has 35 heavy (non-hydrogen) atoms. The average molecular weight is 492 g/mol. The van der Waals surface area contributed by atoms with E-state index in [1.807, 2.05) is 34.9 Å². The Balaban J connectivity index is 1.98. The van der Waals surface area contributed by atoms with Gasteiger partial charge in [0, 0.05) is 23.8 Å². The summed E-state index contributed by atoms with van der Waals surface area (Å²) >= 11 is 6.35. The zero-order valence-electron chi connectivity index (χ0n) is 19.5. The third-order valence-corrected chi connectivity index (χ3v) is 6.46. The number of ketones is 1. The molecule has 5 rings (SSSR count). The standard InChI is InChI=1S/C25H22ClN5O4/c1-14(15(2)32)30-23(33)21-22(28(3)25(30)34)27-24-29(21)13-19(16-8-6-5-7-9-16)31(24)18-12-17(26)10-11-20(18)35-4/h5-14H,1-4H3/t14-/m1/s1. The van der Waals surface area contributed by atoms with Crippen LogP contribution in [-0.2, 0) is 11.8 Å². The first-order valence-electron chi connectivity index (χ1n) is 10.9. The normalized spacial score (nSPS) is 12.4. The first-order valence-corrected chi connectivity index (χ1v) is 11.3. The molecule has 0 bridgehead atoms. The highest BCUT2D eigenvalue weighted by Crippen LogP contribution is 2.34. The number of hydrogen-bond acceptors (Lipinski definition) is 5. The van der Waals surface area contributed by atoms with E-state index in [-0.39, 0.29) is 16.9 Å². The molecule has 3 aromatic heterocycles. The van der Waals surface area contributed by atoms with Gasteiger partial charge in [-0.1, -0.05) is 41.9 Å². The number of hydrogen-bond donors (Lipinski definition) is 0. The number of rotatable bonds is 5. The van der Waals surface area contributed by atoms with Gasteiger partial charge in [-0.3, -0.25) is 23.1 Å². The Hall–Kier alpha value is -4.11. The van der Waals surface area contributed by atoms with Gasteiger partial charge in [0.15, 0.2) is 16.9 Å². The number of aryl methyl sites for hydroxylation is 1. The van der Waals surface area contributed by atoms with Gasteiger partial charge in [-0.2, -0.15) is 4.98 Å². The monoisotopic (exact) mass is 491 g/mol. The van der Waals surface area contributed by atoms with Crippen molar-refractivity contribution in [2.75, 3.05) is 7.11 Å². The van der Waals surface area contributed by atoms with Crippen LogP contribution in [0.5, 0.6) is 5.75 Å². The zero-order chi connectivity index (χ0) is 25.0. The predicted molar refractivity (Wildman–Crippen MR) is 134 cm³/mol. The molecule has 0 aliphatic heterocycles. The van der Waals surface area contributed by atoms with Crippen LogP contribution in [-0.4, -0.2) is 36.0 Å². The molecule has 178 valence electrons. The van der Waals surface area contributed by atoms with Crippen LogP contribution < -0.4 is 16.0 Å². The molecule has 2 aromatic carbocycles. The Labute approximate surface area is 204 Å². The number of carbonyl (C=O) groups excluding carboxylic acids is 1. The first kappa shape index (κ1) is 22.7. The Kier molecular flexibility index (Phi) is 5.36. The van der Waals surface area contributed by atoms with E-state index in [1.54, 1.807) is 35.9 Å². The second-order valence-corrected chi connectivity index (χ2v) is 8.73. The van der Waals surface area contributed by atoms with Crippen LogP contribution in [0.25, 0.3) is 33.9 Å². The predicted octanol–water partition coefficient (Wildman–Crippen LogP) is 3.62. The number of halogens is 1. The van der Waals surface area contributed by atoms with Gasteiger partial charge in [0.1, 0.15) is 5.75 Å². The number of Topliss-reactive ketones (excluding diaryl/α,β-unsaturated/α-hetero) is 1. The summed E-state index contributed by atoms with van der Waals surface area (Å²) in [5, 5.41) is 0.493. The number of imidazole rings is 2. The fourth-order valence-corrected chi connectivity index (χ4v) is 4.44. The van der Waals surface area contributed by atoms with Gasteiger partial charge in [0.25, 0.3) is 5.56 Å². The maximum absolute atomic E-state index is 13.6. The van der Waals surface area contributed by atoms with Crippen molar-refractivity contribution in [3.05, 3.63) is 80.6 Å². The summed E-state index contributed by atoms with van der Waals surface area (Å²) in [7, 11) is 3.09. The molecule has 0 aliphatic carbocycles. The summed E-state index contributed by atoms with van der Waals surface area (Å²) in [5.41, 5.74) is 1.41. The summed E-state index contributed by atoms with van der Waals surface area (Å²) in [6, 6.07) is 13.9. The fraction of sp³-hybridized carbons (Fsp3) is 0.200. The first-order chi connectivity index (χ1) is 16.7. The lowest BCUT2D eigenvalue weighted by Gasteiger charge is -2.13. The number of carbonyl (C=O) groups is 1. The summed E-state index contributed by atoms with van der Waals surface area (Å²) in [6.45, 7) is 2.88.